The van der Waals surface area contributed by atoms with E-state index in [9.17, 15) is 4.79 Å². The first-order chi connectivity index (χ1) is 8.11. The highest BCUT2D eigenvalue weighted by atomic mass is 16.5. The summed E-state index contributed by atoms with van der Waals surface area (Å²) in [6, 6.07) is 3.40. The van der Waals surface area contributed by atoms with Crippen molar-refractivity contribution in [1.29, 1.82) is 0 Å². The average molecular weight is 239 g/mol. The molecule has 1 aromatic heterocycles. The van der Waals surface area contributed by atoms with Crippen LogP contribution in [0.1, 0.15) is 0 Å². The zero-order valence-corrected chi connectivity index (χ0v) is 10.2. The van der Waals surface area contributed by atoms with Gasteiger partial charge in [0.25, 0.3) is 0 Å². The molecule has 0 saturated heterocycles. The lowest BCUT2D eigenvalue weighted by Gasteiger charge is -2.10. The third kappa shape index (κ3) is 5.12. The van der Waals surface area contributed by atoms with Gasteiger partial charge in [-0.25, -0.2) is 4.79 Å². The summed E-state index contributed by atoms with van der Waals surface area (Å²) in [5.41, 5.74) is 0. The first-order valence-electron chi connectivity index (χ1n) is 5.19. The van der Waals surface area contributed by atoms with Crippen LogP contribution in [0, 0.1) is 0 Å². The number of carbonyl (C=O) groups excluding carboxylic acids is 1. The first-order valence-corrected chi connectivity index (χ1v) is 5.19. The molecule has 94 valence electrons. The summed E-state index contributed by atoms with van der Waals surface area (Å²) >= 11 is 0. The summed E-state index contributed by atoms with van der Waals surface area (Å²) in [5.74, 6) is 1.03. The molecule has 1 rings (SSSR count). The molecule has 0 bridgehead atoms. The first kappa shape index (κ1) is 13.2. The molecule has 2 N–H and O–H groups in total. The van der Waals surface area contributed by atoms with Gasteiger partial charge in [-0.1, -0.05) is 0 Å². The van der Waals surface area contributed by atoms with Crippen LogP contribution in [0.4, 0.5) is 16.4 Å². The van der Waals surface area contributed by atoms with Crippen LogP contribution in [-0.2, 0) is 4.74 Å². The third-order valence-electron chi connectivity index (χ3n) is 1.95. The van der Waals surface area contributed by atoms with Crippen molar-refractivity contribution >= 4 is 17.7 Å². The molecule has 1 amide bonds. The number of hydrogen-bond acceptors (Lipinski definition) is 6. The number of nitrogens with one attached hydrogen (secondary N) is 2. The van der Waals surface area contributed by atoms with Crippen LogP contribution in [-0.4, -0.2) is 55.5 Å². The van der Waals surface area contributed by atoms with Crippen molar-refractivity contribution in [2.45, 2.75) is 0 Å². The maximum absolute atomic E-state index is 10.9. The summed E-state index contributed by atoms with van der Waals surface area (Å²) < 4.78 is 4.44. The van der Waals surface area contributed by atoms with Crippen molar-refractivity contribution in [3.8, 4) is 0 Å². The molecule has 0 spiro atoms. The van der Waals surface area contributed by atoms with Crippen LogP contribution in [0.2, 0.25) is 0 Å². The fraction of sp³-hybridized carbons (Fsp3) is 0.500. The Morgan fingerprint density at radius 3 is 2.53 bits per heavy atom. The maximum Gasteiger partial charge on any atom is 0.412 e. The normalized spacial score (nSPS) is 10.1. The average Bonchev–Trinajstić information content (AvgIpc) is 2.31. The maximum atomic E-state index is 10.9. The van der Waals surface area contributed by atoms with Gasteiger partial charge in [0.05, 0.1) is 7.11 Å². The van der Waals surface area contributed by atoms with E-state index in [0.717, 1.165) is 13.1 Å². The highest BCUT2D eigenvalue weighted by Crippen LogP contribution is 2.05. The van der Waals surface area contributed by atoms with E-state index in [1.54, 1.807) is 12.1 Å². The Morgan fingerprint density at radius 1 is 1.35 bits per heavy atom. The molecule has 7 heteroatoms. The molecule has 0 aromatic carbocycles. The lowest BCUT2D eigenvalue weighted by Crippen LogP contribution is -2.21. The summed E-state index contributed by atoms with van der Waals surface area (Å²) in [7, 11) is 5.29. The Balaban J connectivity index is 2.42. The number of nitrogens with zero attached hydrogens (tertiary/aromatic N) is 3. The molecule has 7 nitrogen and oxygen atoms in total. The number of aromatic nitrogens is 2. The van der Waals surface area contributed by atoms with E-state index in [4.69, 9.17) is 0 Å². The second-order valence-electron chi connectivity index (χ2n) is 3.65. The minimum atomic E-state index is -0.562. The zero-order valence-electron chi connectivity index (χ0n) is 10.2. The zero-order chi connectivity index (χ0) is 12.7. The number of amides is 1. The van der Waals surface area contributed by atoms with Gasteiger partial charge in [0.2, 0.25) is 0 Å². The third-order valence-corrected chi connectivity index (χ3v) is 1.95. The molecule has 0 saturated carbocycles. The van der Waals surface area contributed by atoms with E-state index in [0.29, 0.717) is 11.6 Å². The van der Waals surface area contributed by atoms with Crippen molar-refractivity contribution in [2.75, 3.05) is 44.9 Å². The van der Waals surface area contributed by atoms with Crippen molar-refractivity contribution in [1.82, 2.24) is 15.1 Å². The van der Waals surface area contributed by atoms with E-state index in [1.807, 2.05) is 14.1 Å². The van der Waals surface area contributed by atoms with Crippen LogP contribution >= 0.6 is 0 Å². The molecule has 0 aliphatic heterocycles. The Hall–Kier alpha value is -1.89. The van der Waals surface area contributed by atoms with E-state index >= 15 is 0 Å². The SMILES string of the molecule is COC(=O)Nc1ccc(NCCN(C)C)nn1. The fourth-order valence-electron chi connectivity index (χ4n) is 1.06. The molecular weight excluding hydrogens is 222 g/mol. The molecule has 17 heavy (non-hydrogen) atoms. The number of rotatable bonds is 5. The molecule has 1 aromatic rings. The van der Waals surface area contributed by atoms with E-state index in [1.165, 1.54) is 7.11 Å². The predicted octanol–water partition coefficient (Wildman–Crippen LogP) is 0.628. The van der Waals surface area contributed by atoms with Gasteiger partial charge in [0.15, 0.2) is 5.82 Å². The molecule has 0 radical (unpaired) electrons. The molecule has 0 fully saturated rings. The molecule has 0 unspecified atom stereocenters. The number of methoxy groups -OCH3 is 1. The number of hydrogen-bond donors (Lipinski definition) is 2. The topological polar surface area (TPSA) is 79.4 Å². The highest BCUT2D eigenvalue weighted by Gasteiger charge is 2.02. The molecule has 1 heterocycles. The highest BCUT2D eigenvalue weighted by molar-refractivity contribution is 5.83. The predicted molar refractivity (Wildman–Crippen MR) is 65.1 cm³/mol. The number of carbonyl (C=O) groups is 1. The molecule has 0 atom stereocenters. The van der Waals surface area contributed by atoms with Crippen molar-refractivity contribution in [2.24, 2.45) is 0 Å². The Bertz CT molecular complexity index is 352. The van der Waals surface area contributed by atoms with Gasteiger partial charge in [-0.05, 0) is 26.2 Å². The number of likely N-dealkylation sites (N-methyl/N-ethyl adjacent to an activating group) is 1. The summed E-state index contributed by atoms with van der Waals surface area (Å²) in [6.07, 6.45) is -0.562. The Kier molecular flexibility index (Phi) is 5.15. The monoisotopic (exact) mass is 239 g/mol. The Labute approximate surface area is 100 Å². The molecule has 0 aliphatic carbocycles. The minimum absolute atomic E-state index is 0.356. The minimum Gasteiger partial charge on any atom is -0.453 e. The van der Waals surface area contributed by atoms with Crippen molar-refractivity contribution in [3.05, 3.63) is 12.1 Å². The van der Waals surface area contributed by atoms with Crippen LogP contribution in [0.25, 0.3) is 0 Å². The van der Waals surface area contributed by atoms with Gasteiger partial charge in [-0.3, -0.25) is 5.32 Å². The van der Waals surface area contributed by atoms with E-state index in [-0.39, 0.29) is 0 Å². The van der Waals surface area contributed by atoms with Crippen molar-refractivity contribution in [3.63, 3.8) is 0 Å². The number of ether oxygens (including phenoxy) is 1. The van der Waals surface area contributed by atoms with Gasteiger partial charge in [0.1, 0.15) is 5.82 Å². The van der Waals surface area contributed by atoms with E-state index < -0.39 is 6.09 Å². The number of anilines is 2. The summed E-state index contributed by atoms with van der Waals surface area (Å²) in [5, 5.41) is 13.3. The van der Waals surface area contributed by atoms with Gasteiger partial charge in [-0.2, -0.15) is 0 Å². The quantitative estimate of drug-likeness (QED) is 0.784. The smallest absolute Gasteiger partial charge is 0.412 e. The summed E-state index contributed by atoms with van der Waals surface area (Å²) in [6.45, 7) is 1.69. The van der Waals surface area contributed by atoms with Crippen LogP contribution < -0.4 is 10.6 Å². The molecular formula is C10H17N5O2. The largest absolute Gasteiger partial charge is 0.453 e. The fourth-order valence-corrected chi connectivity index (χ4v) is 1.06. The van der Waals surface area contributed by atoms with Crippen LogP contribution in [0.15, 0.2) is 12.1 Å². The Morgan fingerprint density at radius 2 is 2.00 bits per heavy atom. The van der Waals surface area contributed by atoms with E-state index in [2.05, 4.69) is 30.5 Å². The standard InChI is InChI=1S/C10H17N5O2/c1-15(2)7-6-11-8-4-5-9(14-13-8)12-10(16)17-3/h4-5H,6-7H2,1-3H3,(H,11,13)(H,12,14,16). The lowest BCUT2D eigenvalue weighted by atomic mass is 10.4. The second-order valence-corrected chi connectivity index (χ2v) is 3.65. The summed E-state index contributed by atoms with van der Waals surface area (Å²) in [4.78, 5) is 13.0. The van der Waals surface area contributed by atoms with Crippen molar-refractivity contribution < 1.29 is 9.53 Å². The lowest BCUT2D eigenvalue weighted by molar-refractivity contribution is 0.187. The molecule has 0 aliphatic rings. The van der Waals surface area contributed by atoms with Gasteiger partial charge in [-0.15, -0.1) is 10.2 Å². The van der Waals surface area contributed by atoms with Gasteiger partial charge in [0, 0.05) is 13.1 Å². The van der Waals surface area contributed by atoms with Gasteiger partial charge >= 0.3 is 6.09 Å². The van der Waals surface area contributed by atoms with Gasteiger partial charge < -0.3 is 15.0 Å². The van der Waals surface area contributed by atoms with Crippen LogP contribution in [0.5, 0.6) is 0 Å². The van der Waals surface area contributed by atoms with Crippen LogP contribution in [0.3, 0.4) is 0 Å². The second kappa shape index (κ2) is 6.64.